The van der Waals surface area contributed by atoms with Gasteiger partial charge in [-0.1, -0.05) is 60.7 Å². The second kappa shape index (κ2) is 13.2. The van der Waals surface area contributed by atoms with Gasteiger partial charge in [-0.2, -0.15) is 0 Å². The van der Waals surface area contributed by atoms with Crippen molar-refractivity contribution < 1.29 is 38.7 Å². The van der Waals surface area contributed by atoms with Gasteiger partial charge in [0.25, 0.3) is 0 Å². The van der Waals surface area contributed by atoms with Gasteiger partial charge in [0.2, 0.25) is 0 Å². The number of benzene rings is 4. The zero-order chi connectivity index (χ0) is 23.3. The first kappa shape index (κ1) is 29.7. The number of hydrogen-bond donors (Lipinski definition) is 0. The fourth-order valence-corrected chi connectivity index (χ4v) is 8.79. The molecule has 0 aliphatic carbocycles. The van der Waals surface area contributed by atoms with Gasteiger partial charge in [-0.3, -0.25) is 0 Å². The van der Waals surface area contributed by atoms with Crippen LogP contribution in [0.5, 0.6) is 11.5 Å². The molecule has 0 fully saturated rings. The van der Waals surface area contributed by atoms with E-state index in [-0.39, 0.29) is 34.0 Å². The third-order valence-corrected chi connectivity index (χ3v) is 11.9. The summed E-state index contributed by atoms with van der Waals surface area (Å²) in [7, 11) is -2.36. The molecule has 0 aliphatic rings. The molecule has 0 saturated heterocycles. The first-order valence-electron chi connectivity index (χ1n) is 11.4. The molecule has 184 valence electrons. The second-order valence-corrected chi connectivity index (χ2v) is 18.2. The van der Waals surface area contributed by atoms with Crippen molar-refractivity contribution in [3.63, 3.8) is 0 Å². The van der Waals surface area contributed by atoms with Crippen molar-refractivity contribution in [2.45, 2.75) is 12.3 Å². The molecular weight excluding hydrogens is 598 g/mol. The van der Waals surface area contributed by atoms with E-state index in [1.165, 1.54) is 21.7 Å². The average molecular weight is 632 g/mol. The second-order valence-electron chi connectivity index (χ2n) is 9.75. The van der Waals surface area contributed by atoms with Crippen LogP contribution in [-0.4, -0.2) is 26.7 Å². The van der Waals surface area contributed by atoms with Crippen LogP contribution < -0.4 is 49.3 Å². The van der Waals surface area contributed by atoms with E-state index in [2.05, 4.69) is 136 Å². The minimum Gasteiger partial charge on any atom is -1.00 e. The maximum Gasteiger partial charge on any atom is 0.127 e. The van der Waals surface area contributed by atoms with E-state index in [1.807, 2.05) is 0 Å². The van der Waals surface area contributed by atoms with Gasteiger partial charge in [-0.05, 0) is 59.7 Å². The molecule has 0 N–H and O–H groups in total. The molecule has 4 aromatic carbocycles. The monoisotopic (exact) mass is 630 g/mol. The largest absolute Gasteiger partial charge is 1.00 e. The van der Waals surface area contributed by atoms with Crippen molar-refractivity contribution in [2.75, 3.05) is 26.7 Å². The summed E-state index contributed by atoms with van der Waals surface area (Å²) in [5, 5.41) is 2.95. The quantitative estimate of drug-likeness (QED) is 0.269. The summed E-state index contributed by atoms with van der Waals surface area (Å²) in [6, 6.07) is 39.0. The van der Waals surface area contributed by atoms with Crippen LogP contribution in [0.2, 0.25) is 0 Å². The average Bonchev–Trinajstić information content (AvgIpc) is 2.82. The van der Waals surface area contributed by atoms with E-state index < -0.39 is 14.5 Å². The van der Waals surface area contributed by atoms with Crippen LogP contribution in [0.1, 0.15) is 11.1 Å². The minimum absolute atomic E-state index is 0. The number of ether oxygens (including phenoxy) is 1. The van der Waals surface area contributed by atoms with Gasteiger partial charge in [0.15, 0.2) is 0 Å². The van der Waals surface area contributed by atoms with E-state index in [9.17, 15) is 0 Å². The molecule has 0 bridgehead atoms. The lowest BCUT2D eigenvalue weighted by atomic mass is 10.2. The standard InChI is InChI=1S/C30H34OP2.2BrH/c1-32(2,29-11-7-5-8-12-29)23-25-15-19-27(20-16-25)31-28-21-17-26(18-22-28)24-33(3,4)30-13-9-6-10-14-30;;/h5-22H,23-24H2,1-4H3;2*1H/q+2;;/p-2. The first-order valence-corrected chi connectivity index (χ1v) is 17.2. The molecule has 0 unspecified atom stereocenters. The van der Waals surface area contributed by atoms with Gasteiger partial charge < -0.3 is 38.7 Å². The molecule has 35 heavy (non-hydrogen) atoms. The molecule has 0 atom stereocenters. The van der Waals surface area contributed by atoms with Gasteiger partial charge in [0.05, 0.1) is 49.6 Å². The zero-order valence-corrected chi connectivity index (χ0v) is 25.8. The summed E-state index contributed by atoms with van der Waals surface area (Å²) in [6.45, 7) is 9.65. The Labute approximate surface area is 233 Å². The van der Waals surface area contributed by atoms with Gasteiger partial charge in [-0.15, -0.1) is 0 Å². The van der Waals surface area contributed by atoms with E-state index >= 15 is 0 Å². The molecule has 4 aromatic rings. The van der Waals surface area contributed by atoms with E-state index in [4.69, 9.17) is 4.74 Å². The third-order valence-electron chi connectivity index (χ3n) is 6.15. The third kappa shape index (κ3) is 8.26. The fourth-order valence-electron chi connectivity index (χ4n) is 4.22. The van der Waals surface area contributed by atoms with Crippen molar-refractivity contribution in [1.29, 1.82) is 0 Å². The maximum atomic E-state index is 6.14. The first-order chi connectivity index (χ1) is 15.8. The van der Waals surface area contributed by atoms with Crippen LogP contribution in [0.4, 0.5) is 0 Å². The van der Waals surface area contributed by atoms with Gasteiger partial charge >= 0.3 is 0 Å². The summed E-state index contributed by atoms with van der Waals surface area (Å²) in [4.78, 5) is 0. The Balaban J connectivity index is 0.00000216. The lowest BCUT2D eigenvalue weighted by molar-refractivity contribution is -0.001000. The fraction of sp³-hybridized carbons (Fsp3) is 0.200. The molecular formula is C30H34Br2OP2. The van der Waals surface area contributed by atoms with Crippen LogP contribution in [0.3, 0.4) is 0 Å². The van der Waals surface area contributed by atoms with E-state index in [0.717, 1.165) is 23.8 Å². The summed E-state index contributed by atoms with van der Waals surface area (Å²) in [6.07, 6.45) is 2.21. The van der Waals surface area contributed by atoms with Gasteiger partial charge in [-0.25, -0.2) is 0 Å². The lowest BCUT2D eigenvalue weighted by Gasteiger charge is -2.18. The minimum atomic E-state index is -1.18. The molecule has 1 nitrogen and oxygen atoms in total. The summed E-state index contributed by atoms with van der Waals surface area (Å²) < 4.78 is 6.14. The maximum absolute atomic E-state index is 6.14. The Morgan fingerprint density at radius 1 is 0.457 bits per heavy atom. The highest BCUT2D eigenvalue weighted by Gasteiger charge is 2.29. The molecule has 0 radical (unpaired) electrons. The molecule has 0 saturated carbocycles. The van der Waals surface area contributed by atoms with Gasteiger partial charge in [0.1, 0.15) is 11.5 Å². The Bertz CT molecular complexity index is 1070. The highest BCUT2D eigenvalue weighted by Crippen LogP contribution is 2.53. The Kier molecular flexibility index (Phi) is 11.2. The number of hydrogen-bond acceptors (Lipinski definition) is 1. The highest BCUT2D eigenvalue weighted by molar-refractivity contribution is 7.81. The number of rotatable bonds is 8. The van der Waals surface area contributed by atoms with Crippen LogP contribution in [-0.2, 0) is 12.3 Å². The molecule has 0 amide bonds. The van der Waals surface area contributed by atoms with Crippen molar-refractivity contribution in [1.82, 2.24) is 0 Å². The molecule has 0 spiro atoms. The SMILES string of the molecule is C[P+](C)(Cc1ccc(Oc2ccc(C[P+](C)(C)c3ccccc3)cc2)cc1)c1ccccc1.[Br-].[Br-]. The van der Waals surface area contributed by atoms with E-state index in [0.29, 0.717) is 0 Å². The molecule has 4 rings (SSSR count). The predicted octanol–water partition coefficient (Wildman–Crippen LogP) is 1.69. The summed E-state index contributed by atoms with van der Waals surface area (Å²) in [5.74, 6) is 1.78. The molecule has 0 aliphatic heterocycles. The summed E-state index contributed by atoms with van der Waals surface area (Å²) >= 11 is 0. The Morgan fingerprint density at radius 3 is 1.09 bits per heavy atom. The lowest BCUT2D eigenvalue weighted by Crippen LogP contribution is -3.00. The number of halogens is 2. The van der Waals surface area contributed by atoms with Crippen LogP contribution in [0, 0.1) is 0 Å². The molecule has 5 heteroatoms. The highest BCUT2D eigenvalue weighted by atomic mass is 79.9. The topological polar surface area (TPSA) is 9.23 Å². The van der Waals surface area contributed by atoms with Gasteiger partial charge in [0, 0.05) is 14.5 Å². The summed E-state index contributed by atoms with van der Waals surface area (Å²) in [5.41, 5.74) is 2.74. The molecule has 0 aromatic heterocycles. The Hall–Kier alpha value is -1.50. The van der Waals surface area contributed by atoms with E-state index in [1.54, 1.807) is 0 Å². The predicted molar refractivity (Wildman–Crippen MR) is 150 cm³/mol. The van der Waals surface area contributed by atoms with Crippen LogP contribution in [0.25, 0.3) is 0 Å². The van der Waals surface area contributed by atoms with Crippen molar-refractivity contribution in [3.8, 4) is 11.5 Å². The van der Waals surface area contributed by atoms with Crippen molar-refractivity contribution in [2.24, 2.45) is 0 Å². The smallest absolute Gasteiger partial charge is 0.127 e. The Morgan fingerprint density at radius 2 is 0.771 bits per heavy atom. The van der Waals surface area contributed by atoms with Crippen LogP contribution in [0.15, 0.2) is 109 Å². The van der Waals surface area contributed by atoms with Crippen molar-refractivity contribution >= 4 is 25.1 Å². The van der Waals surface area contributed by atoms with Crippen LogP contribution >= 0.6 is 14.5 Å². The molecule has 0 heterocycles. The normalized spacial score (nSPS) is 11.2. The van der Waals surface area contributed by atoms with Crippen molar-refractivity contribution in [3.05, 3.63) is 120 Å². The zero-order valence-electron chi connectivity index (χ0n) is 20.9.